The van der Waals surface area contributed by atoms with Gasteiger partial charge in [-0.1, -0.05) is 54.1 Å². The van der Waals surface area contributed by atoms with E-state index in [1.165, 1.54) is 4.31 Å². The average Bonchev–Trinajstić information content (AvgIpc) is 3.27. The van der Waals surface area contributed by atoms with Crippen LogP contribution in [0.3, 0.4) is 0 Å². The molecule has 0 saturated carbocycles. The number of carbonyl (C=O) groups excluding carboxylic acids is 1. The van der Waals surface area contributed by atoms with E-state index in [1.54, 1.807) is 18.2 Å². The topological polar surface area (TPSA) is 95.2 Å². The van der Waals surface area contributed by atoms with Gasteiger partial charge in [-0.15, -0.1) is 0 Å². The Morgan fingerprint density at radius 3 is 2.56 bits per heavy atom. The summed E-state index contributed by atoms with van der Waals surface area (Å²) < 4.78 is 26.5. The number of fused-ring (bicyclic) bond motifs is 1. The van der Waals surface area contributed by atoms with Crippen molar-refractivity contribution in [1.29, 1.82) is 0 Å². The van der Waals surface area contributed by atoms with E-state index in [2.05, 4.69) is 15.3 Å². The van der Waals surface area contributed by atoms with Gasteiger partial charge in [0, 0.05) is 12.1 Å². The molecular weight excluding hydrogens is 472 g/mol. The van der Waals surface area contributed by atoms with E-state index in [0.29, 0.717) is 35.1 Å². The Bertz CT molecular complexity index is 1420. The molecule has 1 saturated heterocycles. The first kappa shape index (κ1) is 22.4. The fraction of sp³-hybridized carbons (Fsp3) is 0.200. The average molecular weight is 495 g/mol. The monoisotopic (exact) mass is 494 g/mol. The van der Waals surface area contributed by atoms with Crippen molar-refractivity contribution in [2.24, 2.45) is 0 Å². The van der Waals surface area contributed by atoms with E-state index in [9.17, 15) is 13.2 Å². The predicted molar refractivity (Wildman–Crippen MR) is 134 cm³/mol. The van der Waals surface area contributed by atoms with Gasteiger partial charge in [-0.05, 0) is 48.7 Å². The van der Waals surface area contributed by atoms with Crippen LogP contribution in [0, 0.1) is 0 Å². The number of benzene rings is 3. The van der Waals surface area contributed by atoms with Crippen LogP contribution in [0.25, 0.3) is 11.0 Å². The Hall–Kier alpha value is -3.36. The number of hydrogen-bond donors (Lipinski definition) is 2. The van der Waals surface area contributed by atoms with Gasteiger partial charge in [0.25, 0.3) is 5.91 Å². The van der Waals surface area contributed by atoms with Crippen molar-refractivity contribution >= 4 is 44.3 Å². The van der Waals surface area contributed by atoms with Gasteiger partial charge in [0.15, 0.2) is 0 Å². The summed E-state index contributed by atoms with van der Waals surface area (Å²) in [6, 6.07) is 21.4. The van der Waals surface area contributed by atoms with Crippen LogP contribution in [0.1, 0.15) is 40.6 Å². The lowest BCUT2D eigenvalue weighted by Gasteiger charge is -2.29. The second-order valence-electron chi connectivity index (χ2n) is 8.22. The molecule has 7 nitrogen and oxygen atoms in total. The Morgan fingerprint density at radius 1 is 1.03 bits per heavy atom. The van der Waals surface area contributed by atoms with Crippen molar-refractivity contribution in [2.45, 2.75) is 18.9 Å². The lowest BCUT2D eigenvalue weighted by Crippen LogP contribution is -2.38. The molecule has 0 bridgehead atoms. The number of imidazole rings is 1. The minimum atomic E-state index is -3.46. The number of aromatic nitrogens is 2. The molecule has 2 N–H and O–H groups in total. The summed E-state index contributed by atoms with van der Waals surface area (Å²) in [5, 5.41) is 3.34. The number of carbonyl (C=O) groups is 1. The molecular formula is C25H23ClN4O3S. The number of sulfonamides is 1. The molecule has 1 aliphatic heterocycles. The first-order valence-electron chi connectivity index (χ1n) is 11.0. The molecule has 0 spiro atoms. The van der Waals surface area contributed by atoms with Crippen LogP contribution in [0.5, 0.6) is 0 Å². The van der Waals surface area contributed by atoms with Crippen LogP contribution < -0.4 is 9.62 Å². The van der Waals surface area contributed by atoms with Gasteiger partial charge in [-0.25, -0.2) is 13.4 Å². The highest BCUT2D eigenvalue weighted by Crippen LogP contribution is 2.32. The smallest absolute Gasteiger partial charge is 0.252 e. The summed E-state index contributed by atoms with van der Waals surface area (Å²) in [5.41, 5.74) is 3.18. The van der Waals surface area contributed by atoms with E-state index in [4.69, 9.17) is 11.6 Å². The third-order valence-corrected chi connectivity index (χ3v) is 8.09. The van der Waals surface area contributed by atoms with Crippen molar-refractivity contribution in [1.82, 2.24) is 15.3 Å². The molecule has 1 aromatic heterocycles. The lowest BCUT2D eigenvalue weighted by molar-refractivity contribution is 0.0941. The fourth-order valence-electron chi connectivity index (χ4n) is 4.18. The Balaban J connectivity index is 1.49. The summed E-state index contributed by atoms with van der Waals surface area (Å²) in [6.45, 7) is 0.346. The first-order chi connectivity index (χ1) is 16.4. The molecule has 1 atom stereocenters. The number of hydrogen-bond acceptors (Lipinski definition) is 4. The van der Waals surface area contributed by atoms with E-state index in [0.717, 1.165) is 23.0 Å². The number of para-hydroxylation sites is 2. The summed E-state index contributed by atoms with van der Waals surface area (Å²) in [7, 11) is -3.46. The number of halogens is 1. The van der Waals surface area contributed by atoms with Crippen molar-refractivity contribution in [3.05, 3.63) is 94.8 Å². The van der Waals surface area contributed by atoms with E-state index >= 15 is 0 Å². The molecule has 3 aromatic carbocycles. The zero-order chi connectivity index (χ0) is 23.7. The minimum Gasteiger partial charge on any atom is -0.340 e. The van der Waals surface area contributed by atoms with E-state index < -0.39 is 16.1 Å². The van der Waals surface area contributed by atoms with Crippen molar-refractivity contribution in [2.75, 3.05) is 16.6 Å². The zero-order valence-corrected chi connectivity index (χ0v) is 19.8. The molecule has 1 fully saturated rings. The highest BCUT2D eigenvalue weighted by molar-refractivity contribution is 7.92. The Morgan fingerprint density at radius 2 is 1.79 bits per heavy atom. The summed E-state index contributed by atoms with van der Waals surface area (Å²) in [6.07, 6.45) is 1.36. The Kier molecular flexibility index (Phi) is 6.02. The molecule has 1 aliphatic rings. The van der Waals surface area contributed by atoms with Gasteiger partial charge in [0.2, 0.25) is 10.0 Å². The molecule has 0 unspecified atom stereocenters. The van der Waals surface area contributed by atoms with E-state index in [-0.39, 0.29) is 11.7 Å². The SMILES string of the molecule is O=C(N[C@@H](c1ccccc1)c1nc2ccccc2[nH]1)c1ccc(Cl)c(N2CCCCS2(=O)=O)c1. The third kappa shape index (κ3) is 4.38. The molecule has 5 rings (SSSR count). The molecule has 0 aliphatic carbocycles. The lowest BCUT2D eigenvalue weighted by atomic mass is 10.1. The minimum absolute atomic E-state index is 0.0713. The number of nitrogens with zero attached hydrogens (tertiary/aromatic N) is 2. The molecule has 0 radical (unpaired) electrons. The molecule has 2 heterocycles. The van der Waals surface area contributed by atoms with Gasteiger partial charge in [0.05, 0.1) is 27.5 Å². The largest absolute Gasteiger partial charge is 0.340 e. The number of H-pyrrole nitrogens is 1. The van der Waals surface area contributed by atoms with Gasteiger partial charge >= 0.3 is 0 Å². The highest BCUT2D eigenvalue weighted by Gasteiger charge is 2.29. The van der Waals surface area contributed by atoms with Gasteiger partial charge in [-0.3, -0.25) is 9.10 Å². The second kappa shape index (κ2) is 9.12. The predicted octanol–water partition coefficient (Wildman–Crippen LogP) is 4.67. The number of nitrogens with one attached hydrogen (secondary N) is 2. The summed E-state index contributed by atoms with van der Waals surface area (Å²) in [4.78, 5) is 21.3. The number of aromatic amines is 1. The van der Waals surface area contributed by atoms with Crippen LogP contribution in [0.2, 0.25) is 5.02 Å². The fourth-order valence-corrected chi connectivity index (χ4v) is 6.10. The van der Waals surface area contributed by atoms with Crippen LogP contribution in [-0.2, 0) is 10.0 Å². The first-order valence-corrected chi connectivity index (χ1v) is 13.0. The van der Waals surface area contributed by atoms with Gasteiger partial charge in [-0.2, -0.15) is 0 Å². The standard InChI is InChI=1S/C25H23ClN4O3S/c26-19-13-12-18(16-22(19)30-14-6-7-15-34(30,32)33)25(31)29-23(17-8-2-1-3-9-17)24-27-20-10-4-5-11-21(20)28-24/h1-5,8-13,16,23H,6-7,14-15H2,(H,27,28)(H,29,31)/t23-/m0/s1. The van der Waals surface area contributed by atoms with Gasteiger partial charge in [0.1, 0.15) is 11.9 Å². The third-order valence-electron chi connectivity index (χ3n) is 5.92. The van der Waals surface area contributed by atoms with Gasteiger partial charge < -0.3 is 10.3 Å². The van der Waals surface area contributed by atoms with Crippen molar-refractivity contribution in [3.8, 4) is 0 Å². The maximum atomic E-state index is 13.4. The zero-order valence-electron chi connectivity index (χ0n) is 18.2. The summed E-state index contributed by atoms with van der Waals surface area (Å²) >= 11 is 6.35. The Labute approximate surface area is 202 Å². The second-order valence-corrected chi connectivity index (χ2v) is 10.6. The van der Waals surface area contributed by atoms with Crippen LogP contribution in [0.4, 0.5) is 5.69 Å². The molecule has 34 heavy (non-hydrogen) atoms. The molecule has 174 valence electrons. The van der Waals surface area contributed by atoms with Crippen LogP contribution >= 0.6 is 11.6 Å². The maximum absolute atomic E-state index is 13.4. The molecule has 4 aromatic rings. The normalized spacial score (nSPS) is 16.3. The van der Waals surface area contributed by atoms with Crippen molar-refractivity contribution < 1.29 is 13.2 Å². The number of amides is 1. The van der Waals surface area contributed by atoms with E-state index in [1.807, 2.05) is 54.6 Å². The maximum Gasteiger partial charge on any atom is 0.252 e. The number of rotatable bonds is 5. The number of anilines is 1. The molecule has 9 heteroatoms. The van der Waals surface area contributed by atoms with Crippen LogP contribution in [0.15, 0.2) is 72.8 Å². The van der Waals surface area contributed by atoms with Crippen LogP contribution in [-0.4, -0.2) is 36.6 Å². The highest BCUT2D eigenvalue weighted by atomic mass is 35.5. The molecule has 1 amide bonds. The summed E-state index contributed by atoms with van der Waals surface area (Å²) in [5.74, 6) is 0.317. The quantitative estimate of drug-likeness (QED) is 0.421. The van der Waals surface area contributed by atoms with Crippen molar-refractivity contribution in [3.63, 3.8) is 0 Å².